The molecule has 6 heteroatoms. The Morgan fingerprint density at radius 1 is 1.43 bits per heavy atom. The molecule has 1 aromatic carbocycles. The maximum absolute atomic E-state index is 14.1. The first-order chi connectivity index (χ1) is 10.0. The van der Waals surface area contributed by atoms with Gasteiger partial charge in [0.05, 0.1) is 18.1 Å². The number of nitrogens with one attached hydrogen (secondary N) is 1. The molecule has 0 spiro atoms. The predicted molar refractivity (Wildman–Crippen MR) is 80.6 cm³/mol. The van der Waals surface area contributed by atoms with Gasteiger partial charge in [-0.25, -0.2) is 12.8 Å². The highest BCUT2D eigenvalue weighted by molar-refractivity contribution is 7.91. The topological polar surface area (TPSA) is 55.4 Å². The van der Waals surface area contributed by atoms with Crippen molar-refractivity contribution in [1.29, 1.82) is 0 Å². The number of hydrogen-bond donors (Lipinski definition) is 1. The Labute approximate surface area is 125 Å². The SMILES string of the molecule is COCCNCC(c1ccccc1F)C1CCS(=O)(=O)C1. The van der Waals surface area contributed by atoms with Crippen LogP contribution in [0.4, 0.5) is 4.39 Å². The minimum absolute atomic E-state index is 0.0260. The van der Waals surface area contributed by atoms with Crippen LogP contribution < -0.4 is 5.32 Å². The Bertz CT molecular complexity index is 562. The summed E-state index contributed by atoms with van der Waals surface area (Å²) in [6, 6.07) is 6.63. The van der Waals surface area contributed by atoms with E-state index in [0.29, 0.717) is 31.7 Å². The van der Waals surface area contributed by atoms with Crippen LogP contribution in [-0.4, -0.2) is 46.7 Å². The van der Waals surface area contributed by atoms with E-state index in [1.807, 2.05) is 0 Å². The van der Waals surface area contributed by atoms with Gasteiger partial charge in [0.15, 0.2) is 9.84 Å². The van der Waals surface area contributed by atoms with E-state index in [9.17, 15) is 12.8 Å². The second-order valence-electron chi connectivity index (χ2n) is 5.49. The van der Waals surface area contributed by atoms with Crippen molar-refractivity contribution in [3.05, 3.63) is 35.6 Å². The van der Waals surface area contributed by atoms with Gasteiger partial charge in [-0.2, -0.15) is 0 Å². The molecule has 2 rings (SSSR count). The van der Waals surface area contributed by atoms with Crippen LogP contribution in [0.1, 0.15) is 17.9 Å². The molecule has 1 N–H and O–H groups in total. The minimum atomic E-state index is -2.97. The second-order valence-corrected chi connectivity index (χ2v) is 7.72. The van der Waals surface area contributed by atoms with E-state index in [0.717, 1.165) is 0 Å². The van der Waals surface area contributed by atoms with Crippen LogP contribution in [0.15, 0.2) is 24.3 Å². The molecule has 0 saturated carbocycles. The lowest BCUT2D eigenvalue weighted by atomic mass is 9.85. The largest absolute Gasteiger partial charge is 0.383 e. The van der Waals surface area contributed by atoms with Crippen molar-refractivity contribution in [2.75, 3.05) is 38.3 Å². The fraction of sp³-hybridized carbons (Fsp3) is 0.600. The molecule has 118 valence electrons. The van der Waals surface area contributed by atoms with Gasteiger partial charge in [0, 0.05) is 26.1 Å². The first-order valence-corrected chi connectivity index (χ1v) is 9.00. The summed E-state index contributed by atoms with van der Waals surface area (Å²) in [7, 11) is -1.35. The molecule has 21 heavy (non-hydrogen) atoms. The molecule has 0 amide bonds. The van der Waals surface area contributed by atoms with E-state index in [4.69, 9.17) is 4.74 Å². The van der Waals surface area contributed by atoms with Gasteiger partial charge in [-0.05, 0) is 24.0 Å². The summed E-state index contributed by atoms with van der Waals surface area (Å²) in [4.78, 5) is 0. The van der Waals surface area contributed by atoms with Crippen molar-refractivity contribution >= 4 is 9.84 Å². The molecular weight excluding hydrogens is 293 g/mol. The Morgan fingerprint density at radius 2 is 2.19 bits per heavy atom. The molecule has 4 nitrogen and oxygen atoms in total. The molecule has 1 aliphatic rings. The lowest BCUT2D eigenvalue weighted by Crippen LogP contribution is -2.30. The molecule has 1 aromatic rings. The maximum Gasteiger partial charge on any atom is 0.150 e. The average Bonchev–Trinajstić information content (AvgIpc) is 2.80. The van der Waals surface area contributed by atoms with Crippen molar-refractivity contribution in [2.24, 2.45) is 5.92 Å². The van der Waals surface area contributed by atoms with Crippen molar-refractivity contribution < 1.29 is 17.5 Å². The third-order valence-electron chi connectivity index (χ3n) is 3.99. The van der Waals surface area contributed by atoms with Gasteiger partial charge in [-0.3, -0.25) is 0 Å². The molecule has 1 fully saturated rings. The zero-order valence-corrected chi connectivity index (χ0v) is 13.0. The number of rotatable bonds is 7. The van der Waals surface area contributed by atoms with Crippen molar-refractivity contribution in [1.82, 2.24) is 5.32 Å². The van der Waals surface area contributed by atoms with E-state index in [-0.39, 0.29) is 29.2 Å². The van der Waals surface area contributed by atoms with Crippen LogP contribution in [0.2, 0.25) is 0 Å². The standard InChI is InChI=1S/C15H22FNO3S/c1-20-8-7-17-10-14(12-6-9-21(18,19)11-12)13-4-2-3-5-15(13)16/h2-5,12,14,17H,6-11H2,1H3. The monoisotopic (exact) mass is 315 g/mol. The van der Waals surface area contributed by atoms with Gasteiger partial charge >= 0.3 is 0 Å². The summed E-state index contributed by atoms with van der Waals surface area (Å²) >= 11 is 0. The summed E-state index contributed by atoms with van der Waals surface area (Å²) in [6.45, 7) is 1.80. The number of methoxy groups -OCH3 is 1. The summed E-state index contributed by atoms with van der Waals surface area (Å²) in [5.74, 6) is -0.0545. The molecule has 1 saturated heterocycles. The first kappa shape index (κ1) is 16.4. The van der Waals surface area contributed by atoms with Crippen molar-refractivity contribution in [3.63, 3.8) is 0 Å². The third-order valence-corrected chi connectivity index (χ3v) is 5.78. The summed E-state index contributed by atoms with van der Waals surface area (Å²) < 4.78 is 42.4. The summed E-state index contributed by atoms with van der Waals surface area (Å²) in [6.07, 6.45) is 0.604. The smallest absolute Gasteiger partial charge is 0.150 e. The molecular formula is C15H22FNO3S. The Morgan fingerprint density at radius 3 is 2.81 bits per heavy atom. The Kier molecular flexibility index (Phi) is 5.72. The number of benzene rings is 1. The van der Waals surface area contributed by atoms with E-state index < -0.39 is 9.84 Å². The minimum Gasteiger partial charge on any atom is -0.383 e. The molecule has 0 aliphatic carbocycles. The fourth-order valence-electron chi connectivity index (χ4n) is 2.88. The number of sulfone groups is 1. The quantitative estimate of drug-likeness (QED) is 0.776. The van der Waals surface area contributed by atoms with Crippen LogP contribution in [0.5, 0.6) is 0 Å². The second kappa shape index (κ2) is 7.33. The highest BCUT2D eigenvalue weighted by Gasteiger charge is 2.35. The molecule has 0 aromatic heterocycles. The van der Waals surface area contributed by atoms with E-state index in [2.05, 4.69) is 5.32 Å². The number of ether oxygens (including phenoxy) is 1. The average molecular weight is 315 g/mol. The Balaban J connectivity index is 2.13. The maximum atomic E-state index is 14.1. The van der Waals surface area contributed by atoms with Crippen molar-refractivity contribution in [2.45, 2.75) is 12.3 Å². The van der Waals surface area contributed by atoms with Gasteiger partial charge in [-0.15, -0.1) is 0 Å². The summed E-state index contributed by atoms with van der Waals surface area (Å²) in [5.41, 5.74) is 0.601. The van der Waals surface area contributed by atoms with Crippen LogP contribution >= 0.6 is 0 Å². The predicted octanol–water partition coefficient (Wildman–Crippen LogP) is 1.58. The van der Waals surface area contributed by atoms with E-state index in [1.54, 1.807) is 25.3 Å². The van der Waals surface area contributed by atoms with Gasteiger partial charge in [0.2, 0.25) is 0 Å². The van der Waals surface area contributed by atoms with Crippen LogP contribution in [0.3, 0.4) is 0 Å². The zero-order valence-electron chi connectivity index (χ0n) is 12.2. The lowest BCUT2D eigenvalue weighted by Gasteiger charge is -2.24. The van der Waals surface area contributed by atoms with E-state index >= 15 is 0 Å². The first-order valence-electron chi connectivity index (χ1n) is 7.18. The zero-order chi connectivity index (χ0) is 15.3. The number of halogens is 1. The van der Waals surface area contributed by atoms with Gasteiger partial charge < -0.3 is 10.1 Å². The van der Waals surface area contributed by atoms with Gasteiger partial charge in [0.25, 0.3) is 0 Å². The molecule has 2 atom stereocenters. The molecule has 1 heterocycles. The molecule has 1 aliphatic heterocycles. The molecule has 0 radical (unpaired) electrons. The normalized spacial score (nSPS) is 22.3. The van der Waals surface area contributed by atoms with Gasteiger partial charge in [-0.1, -0.05) is 18.2 Å². The Hall–Kier alpha value is -0.980. The fourth-order valence-corrected chi connectivity index (χ4v) is 4.76. The molecule has 0 bridgehead atoms. The van der Waals surface area contributed by atoms with Crippen LogP contribution in [0, 0.1) is 11.7 Å². The molecule has 2 unspecified atom stereocenters. The van der Waals surface area contributed by atoms with E-state index in [1.165, 1.54) is 6.07 Å². The number of hydrogen-bond acceptors (Lipinski definition) is 4. The highest BCUT2D eigenvalue weighted by atomic mass is 32.2. The lowest BCUT2D eigenvalue weighted by molar-refractivity contribution is 0.198. The van der Waals surface area contributed by atoms with Crippen LogP contribution in [0.25, 0.3) is 0 Å². The third kappa shape index (κ3) is 4.49. The van der Waals surface area contributed by atoms with Gasteiger partial charge in [0.1, 0.15) is 5.82 Å². The van der Waals surface area contributed by atoms with Crippen molar-refractivity contribution in [3.8, 4) is 0 Å². The highest BCUT2D eigenvalue weighted by Crippen LogP contribution is 2.34. The van der Waals surface area contributed by atoms with Crippen LogP contribution in [-0.2, 0) is 14.6 Å². The summed E-state index contributed by atoms with van der Waals surface area (Å²) in [5, 5.41) is 3.23.